The Morgan fingerprint density at radius 3 is 2.39 bits per heavy atom. The molecule has 1 aromatic carbocycles. The van der Waals surface area contributed by atoms with E-state index < -0.39 is 11.5 Å². The van der Waals surface area contributed by atoms with Crippen LogP contribution in [0.25, 0.3) is 0 Å². The summed E-state index contributed by atoms with van der Waals surface area (Å²) < 4.78 is 5.63. The van der Waals surface area contributed by atoms with Crippen molar-refractivity contribution in [1.82, 2.24) is 20.9 Å². The molecule has 8 nitrogen and oxygen atoms in total. The summed E-state index contributed by atoms with van der Waals surface area (Å²) in [4.78, 5) is 43.3. The van der Waals surface area contributed by atoms with Gasteiger partial charge in [0.2, 0.25) is 17.7 Å². The van der Waals surface area contributed by atoms with Crippen LogP contribution in [0.5, 0.6) is 0 Å². The standard InChI is InChI=1S/C36H50N4O4/c41-32(39-33-28-17-25-16-26(19-28)20-29(33)18-25)23-40-13-9-30-27(22-40)8-4-5-10-36(11-14-44-15-12-36)35(43)38-31(34(42)37-30)21-24-6-2-1-3-7-24/h1-7,25-31,33H,8-23H2,(H,37,42)(H,38,43)(H,39,41)/b5-4+/t25?,26?,27-,28?,29?,30+,31-,33?/m1/s1. The van der Waals surface area contributed by atoms with Crippen molar-refractivity contribution >= 4 is 17.7 Å². The largest absolute Gasteiger partial charge is 0.381 e. The van der Waals surface area contributed by atoms with E-state index in [-0.39, 0.29) is 29.7 Å². The number of likely N-dealkylation sites (tertiary alicyclic amines) is 1. The van der Waals surface area contributed by atoms with E-state index >= 15 is 0 Å². The fourth-order valence-corrected chi connectivity index (χ4v) is 9.80. The van der Waals surface area contributed by atoms with Gasteiger partial charge in [-0.1, -0.05) is 42.5 Å². The molecule has 0 radical (unpaired) electrons. The highest BCUT2D eigenvalue weighted by molar-refractivity contribution is 5.90. The van der Waals surface area contributed by atoms with E-state index in [2.05, 4.69) is 33.0 Å². The second-order valence-corrected chi connectivity index (χ2v) is 14.9. The average Bonchev–Trinajstić information content (AvgIpc) is 3.02. The fraction of sp³-hybridized carbons (Fsp3) is 0.694. The third-order valence-corrected chi connectivity index (χ3v) is 12.0. The molecule has 3 aliphatic heterocycles. The molecular weight excluding hydrogens is 552 g/mol. The summed E-state index contributed by atoms with van der Waals surface area (Å²) in [6, 6.07) is 9.66. The van der Waals surface area contributed by atoms with Crippen molar-refractivity contribution in [3.63, 3.8) is 0 Å². The maximum absolute atomic E-state index is 13.9. The van der Waals surface area contributed by atoms with Crippen molar-refractivity contribution in [3.8, 4) is 0 Å². The van der Waals surface area contributed by atoms with Crippen molar-refractivity contribution in [2.45, 2.75) is 88.8 Å². The van der Waals surface area contributed by atoms with E-state index in [0.717, 1.165) is 43.3 Å². The number of allylic oxidation sites excluding steroid dienone is 2. The molecule has 0 unspecified atom stereocenters. The van der Waals surface area contributed by atoms with Gasteiger partial charge in [0.1, 0.15) is 6.04 Å². The Bertz CT molecular complexity index is 1200. The van der Waals surface area contributed by atoms with Crippen molar-refractivity contribution in [1.29, 1.82) is 0 Å². The van der Waals surface area contributed by atoms with Crippen LogP contribution in [-0.4, -0.2) is 73.6 Å². The van der Waals surface area contributed by atoms with E-state index in [4.69, 9.17) is 4.74 Å². The lowest BCUT2D eigenvalue weighted by Crippen LogP contribution is -2.59. The highest BCUT2D eigenvalue weighted by Gasteiger charge is 2.49. The van der Waals surface area contributed by atoms with Crippen LogP contribution in [0.3, 0.4) is 0 Å². The molecule has 1 aromatic rings. The molecule has 3 heterocycles. The maximum atomic E-state index is 13.9. The first-order valence-corrected chi connectivity index (χ1v) is 17.3. The zero-order valence-corrected chi connectivity index (χ0v) is 26.1. The summed E-state index contributed by atoms with van der Waals surface area (Å²) in [6.07, 6.45) is 15.0. The van der Waals surface area contributed by atoms with Gasteiger partial charge in [0, 0.05) is 44.8 Å². The Hall–Kier alpha value is -2.71. The van der Waals surface area contributed by atoms with Crippen LogP contribution in [-0.2, 0) is 25.5 Å². The van der Waals surface area contributed by atoms with Gasteiger partial charge in [-0.3, -0.25) is 19.3 Å². The number of piperidine rings is 1. The van der Waals surface area contributed by atoms with Crippen molar-refractivity contribution in [3.05, 3.63) is 48.0 Å². The topological polar surface area (TPSA) is 99.8 Å². The molecule has 0 aromatic heterocycles. The van der Waals surface area contributed by atoms with Gasteiger partial charge < -0.3 is 20.7 Å². The van der Waals surface area contributed by atoms with Crippen LogP contribution < -0.4 is 16.0 Å². The number of hydrogen-bond donors (Lipinski definition) is 3. The molecule has 3 N–H and O–H groups in total. The first-order chi connectivity index (χ1) is 21.4. The van der Waals surface area contributed by atoms with Gasteiger partial charge in [0.15, 0.2) is 0 Å². The number of nitrogens with zero attached hydrogens (tertiary/aromatic N) is 1. The van der Waals surface area contributed by atoms with Crippen LogP contribution in [0, 0.1) is 35.0 Å². The summed E-state index contributed by atoms with van der Waals surface area (Å²) in [5.74, 6) is 3.37. The Morgan fingerprint density at radius 2 is 1.66 bits per heavy atom. The van der Waals surface area contributed by atoms with Gasteiger partial charge in [-0.25, -0.2) is 0 Å². The van der Waals surface area contributed by atoms with E-state index in [1.807, 2.05) is 30.3 Å². The molecule has 1 spiro atoms. The zero-order chi connectivity index (χ0) is 30.1. The predicted octanol–water partition coefficient (Wildman–Crippen LogP) is 3.61. The van der Waals surface area contributed by atoms with Crippen LogP contribution >= 0.6 is 0 Å². The lowest BCUT2D eigenvalue weighted by molar-refractivity contribution is -0.140. The molecule has 3 atom stereocenters. The van der Waals surface area contributed by atoms with E-state index in [0.29, 0.717) is 63.3 Å². The molecule has 2 saturated heterocycles. The van der Waals surface area contributed by atoms with Gasteiger partial charge in [0.25, 0.3) is 0 Å². The molecule has 4 saturated carbocycles. The number of nitrogens with one attached hydrogen (secondary N) is 3. The van der Waals surface area contributed by atoms with Gasteiger partial charge >= 0.3 is 0 Å². The Labute approximate surface area is 262 Å². The molecule has 4 aliphatic carbocycles. The molecule has 238 valence electrons. The van der Waals surface area contributed by atoms with E-state index in [9.17, 15) is 14.4 Å². The molecule has 7 aliphatic rings. The second kappa shape index (κ2) is 13.0. The highest BCUT2D eigenvalue weighted by atomic mass is 16.5. The summed E-state index contributed by atoms with van der Waals surface area (Å²) in [6.45, 7) is 3.10. The van der Waals surface area contributed by atoms with E-state index in [1.54, 1.807) is 0 Å². The summed E-state index contributed by atoms with van der Waals surface area (Å²) >= 11 is 0. The second-order valence-electron chi connectivity index (χ2n) is 14.9. The molecule has 8 rings (SSSR count). The number of amides is 3. The third kappa shape index (κ3) is 6.48. The van der Waals surface area contributed by atoms with Gasteiger partial charge in [-0.15, -0.1) is 0 Å². The van der Waals surface area contributed by atoms with Gasteiger partial charge in [-0.2, -0.15) is 0 Å². The number of ether oxygens (including phenoxy) is 1. The Balaban J connectivity index is 1.03. The smallest absolute Gasteiger partial charge is 0.243 e. The normalized spacial score (nSPS) is 37.6. The molecule has 44 heavy (non-hydrogen) atoms. The third-order valence-electron chi connectivity index (χ3n) is 12.0. The average molecular weight is 603 g/mol. The fourth-order valence-electron chi connectivity index (χ4n) is 9.80. The number of rotatable bonds is 5. The Morgan fingerprint density at radius 1 is 0.932 bits per heavy atom. The number of benzene rings is 1. The highest BCUT2D eigenvalue weighted by Crippen LogP contribution is 2.53. The van der Waals surface area contributed by atoms with Gasteiger partial charge in [0.05, 0.1) is 12.0 Å². The number of hydrogen-bond acceptors (Lipinski definition) is 5. The van der Waals surface area contributed by atoms with E-state index in [1.165, 1.54) is 32.1 Å². The first-order valence-electron chi connectivity index (χ1n) is 17.3. The zero-order valence-electron chi connectivity index (χ0n) is 26.1. The van der Waals surface area contributed by atoms with Crippen LogP contribution in [0.4, 0.5) is 0 Å². The van der Waals surface area contributed by atoms with Crippen LogP contribution in [0.15, 0.2) is 42.5 Å². The maximum Gasteiger partial charge on any atom is 0.243 e. The summed E-state index contributed by atoms with van der Waals surface area (Å²) in [5.41, 5.74) is 0.467. The molecule has 6 fully saturated rings. The number of fused-ring (bicyclic) bond motifs is 1. The predicted molar refractivity (Wildman–Crippen MR) is 168 cm³/mol. The molecule has 8 heteroatoms. The van der Waals surface area contributed by atoms with Crippen molar-refractivity contribution in [2.75, 3.05) is 32.8 Å². The minimum atomic E-state index is -0.640. The molecule has 3 amide bonds. The monoisotopic (exact) mass is 602 g/mol. The van der Waals surface area contributed by atoms with Crippen LogP contribution in [0.2, 0.25) is 0 Å². The van der Waals surface area contributed by atoms with Crippen molar-refractivity contribution in [2.24, 2.45) is 35.0 Å². The lowest BCUT2D eigenvalue weighted by Gasteiger charge is -2.54. The quantitative estimate of drug-likeness (QED) is 0.448. The summed E-state index contributed by atoms with van der Waals surface area (Å²) in [5, 5.41) is 10.0. The number of carbonyl (C=O) groups excluding carboxylic acids is 3. The Kier molecular flexibility index (Phi) is 8.82. The minimum Gasteiger partial charge on any atom is -0.381 e. The van der Waals surface area contributed by atoms with Gasteiger partial charge in [-0.05, 0) is 99.4 Å². The molecule has 4 bridgehead atoms. The SMILES string of the molecule is O=C(CN1CC[C@@H]2NC(=O)[C@@H](Cc3ccccc3)NC(=O)C3(C/C=C/C[C@@H]2C1)CCOCC3)NC1C2CC3CC(C2)CC1C3. The molecular formula is C36H50N4O4. The van der Waals surface area contributed by atoms with Crippen molar-refractivity contribution < 1.29 is 19.1 Å². The minimum absolute atomic E-state index is 0.00234. The number of carbonyl (C=O) groups is 3. The lowest BCUT2D eigenvalue weighted by atomic mass is 9.54. The van der Waals surface area contributed by atoms with Crippen LogP contribution in [0.1, 0.15) is 69.8 Å². The summed E-state index contributed by atoms with van der Waals surface area (Å²) in [7, 11) is 0. The first kappa shape index (κ1) is 30.0.